The molecule has 0 N–H and O–H groups in total. The highest BCUT2D eigenvalue weighted by atomic mass is 14.2. The first-order chi connectivity index (χ1) is 6.99. The van der Waals surface area contributed by atoms with E-state index in [1.807, 2.05) is 0 Å². The Bertz CT molecular complexity index is 346. The minimum absolute atomic E-state index is 0.640. The van der Waals surface area contributed by atoms with Crippen molar-refractivity contribution in [3.05, 3.63) is 33.9 Å². The molecule has 1 aromatic rings. The van der Waals surface area contributed by atoms with E-state index in [1.165, 1.54) is 29.5 Å². The van der Waals surface area contributed by atoms with Gasteiger partial charge in [-0.25, -0.2) is 0 Å². The van der Waals surface area contributed by atoms with Crippen LogP contribution in [-0.2, 0) is 6.42 Å². The number of aryl methyl sites for hydroxylation is 2. The third-order valence-electron chi connectivity index (χ3n) is 3.27. The van der Waals surface area contributed by atoms with Crippen molar-refractivity contribution in [2.45, 2.75) is 60.3 Å². The Kier molecular flexibility index (Phi) is 3.96. The molecule has 0 aromatic heterocycles. The van der Waals surface area contributed by atoms with Crippen molar-refractivity contribution in [1.82, 2.24) is 0 Å². The standard InChI is InChI=1S/C15H24/c1-7-8-14-11(4)9-12(5)15(10(2)3)13(14)6/h9-10H,7-8H2,1-6H3. The molecule has 0 aliphatic carbocycles. The summed E-state index contributed by atoms with van der Waals surface area (Å²) in [7, 11) is 0. The van der Waals surface area contributed by atoms with Crippen LogP contribution in [0.1, 0.15) is 60.9 Å². The second kappa shape index (κ2) is 4.83. The molecule has 0 radical (unpaired) electrons. The Hall–Kier alpha value is -0.780. The van der Waals surface area contributed by atoms with E-state index in [-0.39, 0.29) is 0 Å². The first-order valence-electron chi connectivity index (χ1n) is 6.08. The molecule has 0 fully saturated rings. The van der Waals surface area contributed by atoms with Crippen molar-refractivity contribution in [3.63, 3.8) is 0 Å². The van der Waals surface area contributed by atoms with E-state index >= 15 is 0 Å². The predicted octanol–water partition coefficient (Wildman–Crippen LogP) is 4.69. The summed E-state index contributed by atoms with van der Waals surface area (Å²) in [6.45, 7) is 13.6. The average molecular weight is 204 g/mol. The largest absolute Gasteiger partial charge is 0.0651 e. The van der Waals surface area contributed by atoms with Gasteiger partial charge in [0.25, 0.3) is 0 Å². The zero-order valence-electron chi connectivity index (χ0n) is 11.1. The first kappa shape index (κ1) is 12.3. The molecule has 0 bridgehead atoms. The van der Waals surface area contributed by atoms with Crippen molar-refractivity contribution in [2.24, 2.45) is 0 Å². The van der Waals surface area contributed by atoms with Gasteiger partial charge in [-0.15, -0.1) is 0 Å². The van der Waals surface area contributed by atoms with Gasteiger partial charge >= 0.3 is 0 Å². The van der Waals surface area contributed by atoms with Gasteiger partial charge in [0.05, 0.1) is 0 Å². The SMILES string of the molecule is CCCc1c(C)cc(C)c(C(C)C)c1C. The zero-order valence-corrected chi connectivity index (χ0v) is 11.1. The summed E-state index contributed by atoms with van der Waals surface area (Å²) < 4.78 is 0. The second-order valence-electron chi connectivity index (χ2n) is 4.93. The molecule has 0 spiro atoms. The summed E-state index contributed by atoms with van der Waals surface area (Å²) in [6.07, 6.45) is 2.46. The molecule has 1 aromatic carbocycles. The molecule has 84 valence electrons. The lowest BCUT2D eigenvalue weighted by Gasteiger charge is -2.19. The minimum Gasteiger partial charge on any atom is -0.0651 e. The summed E-state index contributed by atoms with van der Waals surface area (Å²) in [5, 5.41) is 0. The van der Waals surface area contributed by atoms with Crippen molar-refractivity contribution in [3.8, 4) is 0 Å². The third kappa shape index (κ3) is 2.42. The lowest BCUT2D eigenvalue weighted by atomic mass is 9.86. The molecule has 0 saturated carbocycles. The summed E-state index contributed by atoms with van der Waals surface area (Å²) in [5.74, 6) is 0.640. The van der Waals surface area contributed by atoms with Crippen molar-refractivity contribution in [2.75, 3.05) is 0 Å². The average Bonchev–Trinajstić information content (AvgIpc) is 2.11. The van der Waals surface area contributed by atoms with E-state index in [2.05, 4.69) is 47.6 Å². The highest BCUT2D eigenvalue weighted by Crippen LogP contribution is 2.28. The van der Waals surface area contributed by atoms with Crippen LogP contribution in [0.3, 0.4) is 0 Å². The molecular weight excluding hydrogens is 180 g/mol. The van der Waals surface area contributed by atoms with E-state index in [4.69, 9.17) is 0 Å². The van der Waals surface area contributed by atoms with Crippen LogP contribution in [0.2, 0.25) is 0 Å². The summed E-state index contributed by atoms with van der Waals surface area (Å²) in [5.41, 5.74) is 7.59. The molecule has 0 atom stereocenters. The van der Waals surface area contributed by atoms with Crippen LogP contribution in [0.15, 0.2) is 6.07 Å². The molecule has 1 rings (SSSR count). The number of rotatable bonds is 3. The molecule has 0 amide bonds. The van der Waals surface area contributed by atoms with Crippen molar-refractivity contribution in [1.29, 1.82) is 0 Å². The first-order valence-corrected chi connectivity index (χ1v) is 6.08. The van der Waals surface area contributed by atoms with Gasteiger partial charge in [0.15, 0.2) is 0 Å². The van der Waals surface area contributed by atoms with E-state index in [1.54, 1.807) is 11.1 Å². The van der Waals surface area contributed by atoms with Crippen LogP contribution in [-0.4, -0.2) is 0 Å². The highest BCUT2D eigenvalue weighted by Gasteiger charge is 2.12. The van der Waals surface area contributed by atoms with Crippen LogP contribution >= 0.6 is 0 Å². The van der Waals surface area contributed by atoms with E-state index in [0.29, 0.717) is 5.92 Å². The molecule has 0 saturated heterocycles. The molecule has 15 heavy (non-hydrogen) atoms. The minimum atomic E-state index is 0.640. The smallest absolute Gasteiger partial charge is 0.0213 e. The number of benzene rings is 1. The van der Waals surface area contributed by atoms with Gasteiger partial charge in [0, 0.05) is 0 Å². The van der Waals surface area contributed by atoms with Gasteiger partial charge < -0.3 is 0 Å². The topological polar surface area (TPSA) is 0 Å². The van der Waals surface area contributed by atoms with Gasteiger partial charge in [0.2, 0.25) is 0 Å². The Morgan fingerprint density at radius 1 is 1.07 bits per heavy atom. The molecule has 0 heterocycles. The lowest BCUT2D eigenvalue weighted by Crippen LogP contribution is -2.03. The monoisotopic (exact) mass is 204 g/mol. The van der Waals surface area contributed by atoms with Crippen LogP contribution in [0, 0.1) is 20.8 Å². The zero-order chi connectivity index (χ0) is 11.6. The second-order valence-corrected chi connectivity index (χ2v) is 4.93. The fraction of sp³-hybridized carbons (Fsp3) is 0.600. The normalized spacial score (nSPS) is 11.1. The van der Waals surface area contributed by atoms with Gasteiger partial charge in [-0.05, 0) is 60.9 Å². The van der Waals surface area contributed by atoms with Crippen molar-refractivity contribution >= 4 is 0 Å². The lowest BCUT2D eigenvalue weighted by molar-refractivity contribution is 0.825. The van der Waals surface area contributed by atoms with E-state index in [9.17, 15) is 0 Å². The summed E-state index contributed by atoms with van der Waals surface area (Å²) >= 11 is 0. The van der Waals surface area contributed by atoms with E-state index in [0.717, 1.165) is 0 Å². The highest BCUT2D eigenvalue weighted by molar-refractivity contribution is 5.46. The van der Waals surface area contributed by atoms with Gasteiger partial charge in [-0.2, -0.15) is 0 Å². The summed E-state index contributed by atoms with van der Waals surface area (Å²) in [4.78, 5) is 0. The predicted molar refractivity (Wildman–Crippen MR) is 68.7 cm³/mol. The molecule has 0 nitrogen and oxygen atoms in total. The Labute approximate surface area is 94.7 Å². The maximum atomic E-state index is 2.35. The van der Waals surface area contributed by atoms with Crippen LogP contribution in [0.5, 0.6) is 0 Å². The Morgan fingerprint density at radius 2 is 1.67 bits per heavy atom. The van der Waals surface area contributed by atoms with Crippen LogP contribution < -0.4 is 0 Å². The van der Waals surface area contributed by atoms with E-state index < -0.39 is 0 Å². The molecule has 0 aliphatic heterocycles. The quantitative estimate of drug-likeness (QED) is 0.670. The number of hydrogen-bond donors (Lipinski definition) is 0. The summed E-state index contributed by atoms with van der Waals surface area (Å²) in [6, 6.07) is 2.35. The van der Waals surface area contributed by atoms with Crippen LogP contribution in [0.25, 0.3) is 0 Å². The maximum Gasteiger partial charge on any atom is -0.0213 e. The molecular formula is C15H24. The van der Waals surface area contributed by atoms with Gasteiger partial charge in [-0.3, -0.25) is 0 Å². The van der Waals surface area contributed by atoms with Gasteiger partial charge in [-0.1, -0.05) is 33.3 Å². The molecule has 0 heteroatoms. The fourth-order valence-electron chi connectivity index (χ4n) is 2.77. The molecule has 0 aliphatic rings. The third-order valence-corrected chi connectivity index (χ3v) is 3.27. The maximum absolute atomic E-state index is 2.35. The number of hydrogen-bond acceptors (Lipinski definition) is 0. The Balaban J connectivity index is 3.35. The van der Waals surface area contributed by atoms with Crippen LogP contribution in [0.4, 0.5) is 0 Å². The van der Waals surface area contributed by atoms with Gasteiger partial charge in [0.1, 0.15) is 0 Å². The van der Waals surface area contributed by atoms with Crippen molar-refractivity contribution < 1.29 is 0 Å². The fourth-order valence-corrected chi connectivity index (χ4v) is 2.77. The Morgan fingerprint density at radius 3 is 2.13 bits per heavy atom. The molecule has 0 unspecified atom stereocenters.